The van der Waals surface area contributed by atoms with Crippen molar-refractivity contribution in [1.82, 2.24) is 5.32 Å². The minimum Gasteiger partial charge on any atom is -0.454 e. The quantitative estimate of drug-likeness (QED) is 0.0195. The number of nitrogens with one attached hydrogen (secondary N) is 1. The van der Waals surface area contributed by atoms with Crippen LogP contribution >= 0.6 is 0 Å². The molecule has 6 N–H and O–H groups in total. The highest BCUT2D eigenvalue weighted by Gasteiger charge is 2.47. The Hall–Kier alpha value is -4.20. The Morgan fingerprint density at radius 3 is 1.35 bits per heavy atom. The fraction of sp³-hybridized carbons (Fsp3) is 0.652. The van der Waals surface area contributed by atoms with Gasteiger partial charge in [0, 0.05) is 6.42 Å². The average molecular weight is 1120 g/mol. The van der Waals surface area contributed by atoms with Crippen LogP contribution in [0.4, 0.5) is 0 Å². The van der Waals surface area contributed by atoms with Crippen molar-refractivity contribution in [3.05, 3.63) is 134 Å². The number of carbonyl (C=O) groups excluding carboxylic acids is 2. The number of allylic oxidation sites excluding steroid dienone is 21. The van der Waals surface area contributed by atoms with Gasteiger partial charge < -0.3 is 45.1 Å². The Kier molecular flexibility index (Phi) is 51.1. The number of esters is 1. The second-order valence-electron chi connectivity index (χ2n) is 21.0. The maximum absolute atomic E-state index is 13.4. The molecule has 0 radical (unpaired) electrons. The highest BCUT2D eigenvalue weighted by atomic mass is 16.7. The smallest absolute Gasteiger partial charge is 0.306 e. The Labute approximate surface area is 486 Å². The van der Waals surface area contributed by atoms with E-state index in [0.717, 1.165) is 135 Å². The zero-order valence-corrected chi connectivity index (χ0v) is 50.1. The number of rotatable bonds is 51. The van der Waals surface area contributed by atoms with Crippen molar-refractivity contribution in [1.29, 1.82) is 0 Å². The summed E-state index contributed by atoms with van der Waals surface area (Å²) in [7, 11) is 0. The molecule has 1 heterocycles. The highest BCUT2D eigenvalue weighted by Crippen LogP contribution is 2.26. The summed E-state index contributed by atoms with van der Waals surface area (Å²) >= 11 is 0. The zero-order chi connectivity index (χ0) is 58.2. The Morgan fingerprint density at radius 1 is 0.500 bits per heavy atom. The molecule has 1 fully saturated rings. The van der Waals surface area contributed by atoms with Crippen molar-refractivity contribution in [3.8, 4) is 0 Å². The largest absolute Gasteiger partial charge is 0.454 e. The van der Waals surface area contributed by atoms with E-state index in [-0.39, 0.29) is 19.4 Å². The van der Waals surface area contributed by atoms with E-state index >= 15 is 0 Å². The molecule has 1 aliphatic rings. The number of aliphatic hydroxyl groups excluding tert-OH is 5. The third-order valence-electron chi connectivity index (χ3n) is 13.8. The maximum atomic E-state index is 13.4. The van der Waals surface area contributed by atoms with E-state index in [4.69, 9.17) is 14.2 Å². The van der Waals surface area contributed by atoms with Crippen molar-refractivity contribution >= 4 is 11.9 Å². The van der Waals surface area contributed by atoms with Crippen molar-refractivity contribution < 1.29 is 49.3 Å². The monoisotopic (exact) mass is 1120 g/mol. The predicted octanol–water partition coefficient (Wildman–Crippen LogP) is 15.2. The van der Waals surface area contributed by atoms with Crippen LogP contribution in [0.2, 0.25) is 0 Å². The lowest BCUT2D eigenvalue weighted by Crippen LogP contribution is -2.61. The van der Waals surface area contributed by atoms with Crippen LogP contribution in [0, 0.1) is 0 Å². The Balaban J connectivity index is 2.72. The number of ether oxygens (including phenoxy) is 3. The van der Waals surface area contributed by atoms with Crippen LogP contribution in [0.25, 0.3) is 0 Å². The summed E-state index contributed by atoms with van der Waals surface area (Å²) in [6.45, 7) is 5.51. The normalized spacial score (nSPS) is 19.7. The van der Waals surface area contributed by atoms with Gasteiger partial charge >= 0.3 is 5.97 Å². The number of aliphatic hydroxyl groups is 5. The number of amides is 1. The molecule has 8 atom stereocenters. The number of hydrogen-bond donors (Lipinski definition) is 6. The van der Waals surface area contributed by atoms with Gasteiger partial charge in [-0.25, -0.2) is 0 Å². The van der Waals surface area contributed by atoms with Gasteiger partial charge in [0.2, 0.25) is 5.91 Å². The van der Waals surface area contributed by atoms with E-state index in [1.807, 2.05) is 6.08 Å². The zero-order valence-electron chi connectivity index (χ0n) is 50.1. The molecule has 0 bridgehead atoms. The molecular formula is C69H113NO10. The molecule has 0 aromatic rings. The molecule has 1 saturated heterocycles. The summed E-state index contributed by atoms with van der Waals surface area (Å²) in [5.74, 6) is -1.26. The van der Waals surface area contributed by atoms with E-state index in [1.54, 1.807) is 6.08 Å². The van der Waals surface area contributed by atoms with E-state index in [0.29, 0.717) is 12.8 Å². The van der Waals surface area contributed by atoms with Gasteiger partial charge in [0.05, 0.1) is 25.4 Å². The average Bonchev–Trinajstić information content (AvgIpc) is 3.45. The lowest BCUT2D eigenvalue weighted by molar-refractivity contribution is -0.305. The van der Waals surface area contributed by atoms with Gasteiger partial charge in [-0.1, -0.05) is 238 Å². The van der Waals surface area contributed by atoms with Crippen LogP contribution in [-0.4, -0.2) is 99.6 Å². The lowest BCUT2D eigenvalue weighted by atomic mass is 9.99. The predicted molar refractivity (Wildman–Crippen MR) is 333 cm³/mol. The standard InChI is InChI=1S/C69H113NO10/c1-4-7-10-13-16-19-22-25-27-29-31-33-34-36-38-41-44-47-50-53-56-62(73)68(77)70-60(61(72)55-52-49-46-43-40-24-21-18-15-12-9-6-3)59-78-69-67(66(76)65(75)63(58-71)79-69)80-64(74)57-54-51-48-45-42-39-37-35-32-30-28-26-23-20-17-14-11-8-5-2/h7-8,10-11,16-17,19-20,25-28,31-33,35-36,38-39,42,52,55,60-63,65-67,69,71-73,75-76H,4-6,9,12-15,18,21-24,29-30,34,37,40-41,43-51,53-54,56-59H2,1-3H3,(H,70,77)/b10-7-,11-8-,19-16-,20-17-,27-25-,28-26-,33-31-,35-32-,38-36-,42-39-,55-52+. The molecule has 454 valence electrons. The number of carbonyl (C=O) groups is 2. The molecule has 8 unspecified atom stereocenters. The van der Waals surface area contributed by atoms with E-state index < -0.39 is 67.4 Å². The minimum absolute atomic E-state index is 0.0740. The SMILES string of the molecule is CC/C=C\C/C=C\C/C=C\C/C=C\C/C=C\CCCCCCC(O)C(=O)NC(COC1OC(CO)C(O)C(O)C1OC(=O)CCCCC/C=C\C/C=C\C/C=C\C/C=C\C/C=C\CC)C(O)/C=C/CCCCCCCCCCCC. The van der Waals surface area contributed by atoms with Gasteiger partial charge in [0.1, 0.15) is 24.4 Å². The second kappa shape index (κ2) is 55.3. The van der Waals surface area contributed by atoms with Crippen LogP contribution in [0.1, 0.15) is 226 Å². The molecule has 0 aromatic heterocycles. The first-order valence-corrected chi connectivity index (χ1v) is 31.5. The molecule has 0 aliphatic carbocycles. The fourth-order valence-corrected chi connectivity index (χ4v) is 8.88. The van der Waals surface area contributed by atoms with E-state index in [9.17, 15) is 35.1 Å². The van der Waals surface area contributed by atoms with Crippen molar-refractivity contribution in [3.63, 3.8) is 0 Å². The topological polar surface area (TPSA) is 175 Å². The van der Waals surface area contributed by atoms with Crippen LogP contribution in [0.3, 0.4) is 0 Å². The molecular weight excluding hydrogens is 1000 g/mol. The Morgan fingerprint density at radius 2 is 0.900 bits per heavy atom. The van der Waals surface area contributed by atoms with Gasteiger partial charge in [-0.3, -0.25) is 9.59 Å². The molecule has 0 saturated carbocycles. The third-order valence-corrected chi connectivity index (χ3v) is 13.8. The molecule has 1 rings (SSSR count). The van der Waals surface area contributed by atoms with Crippen LogP contribution < -0.4 is 5.32 Å². The highest BCUT2D eigenvalue weighted by molar-refractivity contribution is 5.80. The van der Waals surface area contributed by atoms with Crippen molar-refractivity contribution in [2.75, 3.05) is 13.2 Å². The maximum Gasteiger partial charge on any atom is 0.306 e. The first-order chi connectivity index (χ1) is 39.2. The summed E-state index contributed by atoms with van der Waals surface area (Å²) in [5.41, 5.74) is 0. The molecule has 1 aliphatic heterocycles. The molecule has 1 amide bonds. The second-order valence-corrected chi connectivity index (χ2v) is 21.0. The van der Waals surface area contributed by atoms with Crippen molar-refractivity contribution in [2.24, 2.45) is 0 Å². The van der Waals surface area contributed by atoms with Crippen molar-refractivity contribution in [2.45, 2.75) is 275 Å². The van der Waals surface area contributed by atoms with Crippen LogP contribution in [0.5, 0.6) is 0 Å². The fourth-order valence-electron chi connectivity index (χ4n) is 8.88. The Bertz CT molecular complexity index is 1810. The molecule has 11 heteroatoms. The summed E-state index contributed by atoms with van der Waals surface area (Å²) in [6, 6.07) is -1.05. The molecule has 0 aromatic carbocycles. The minimum atomic E-state index is -1.64. The van der Waals surface area contributed by atoms with E-state index in [2.05, 4.69) is 148 Å². The summed E-state index contributed by atoms with van der Waals surface area (Å²) < 4.78 is 17.6. The number of unbranched alkanes of at least 4 members (excludes halogenated alkanes) is 17. The first-order valence-electron chi connectivity index (χ1n) is 31.5. The van der Waals surface area contributed by atoms with Gasteiger partial charge in [0.25, 0.3) is 0 Å². The summed E-state index contributed by atoms with van der Waals surface area (Å²) in [6.07, 6.45) is 67.6. The third kappa shape index (κ3) is 42.6. The van der Waals surface area contributed by atoms with E-state index in [1.165, 1.54) is 44.9 Å². The van der Waals surface area contributed by atoms with Crippen LogP contribution in [-0.2, 0) is 23.8 Å². The van der Waals surface area contributed by atoms with Gasteiger partial charge in [-0.2, -0.15) is 0 Å². The summed E-state index contributed by atoms with van der Waals surface area (Å²) in [4.78, 5) is 26.6. The number of hydrogen-bond acceptors (Lipinski definition) is 10. The summed E-state index contributed by atoms with van der Waals surface area (Å²) in [5, 5.41) is 57.0. The molecule has 80 heavy (non-hydrogen) atoms. The van der Waals surface area contributed by atoms with Crippen LogP contribution in [0.15, 0.2) is 134 Å². The molecule has 11 nitrogen and oxygen atoms in total. The van der Waals surface area contributed by atoms with Gasteiger partial charge in [0.15, 0.2) is 12.4 Å². The molecule has 0 spiro atoms. The first kappa shape index (κ1) is 73.8. The van der Waals surface area contributed by atoms with Gasteiger partial charge in [-0.05, 0) is 116 Å². The lowest BCUT2D eigenvalue weighted by Gasteiger charge is -2.41. The van der Waals surface area contributed by atoms with Gasteiger partial charge in [-0.15, -0.1) is 0 Å².